The Hall–Kier alpha value is -1.12. The van der Waals surface area contributed by atoms with Crippen molar-refractivity contribution in [2.75, 3.05) is 32.7 Å². The van der Waals surface area contributed by atoms with Gasteiger partial charge in [-0.2, -0.15) is 0 Å². The highest BCUT2D eigenvalue weighted by atomic mass is 15.2. The lowest BCUT2D eigenvalue weighted by atomic mass is 10.00. The normalized spacial score (nSPS) is 24.6. The van der Waals surface area contributed by atoms with Gasteiger partial charge in [0.25, 0.3) is 0 Å². The van der Waals surface area contributed by atoms with Gasteiger partial charge >= 0.3 is 0 Å². The molecule has 0 saturated carbocycles. The van der Waals surface area contributed by atoms with E-state index in [-0.39, 0.29) is 0 Å². The maximum atomic E-state index is 3.40. The Bertz CT molecular complexity index is 391. The molecule has 1 aliphatic carbocycles. The Morgan fingerprint density at radius 1 is 1.19 bits per heavy atom. The summed E-state index contributed by atoms with van der Waals surface area (Å²) in [5.74, 6) is 0.606. The van der Waals surface area contributed by atoms with E-state index >= 15 is 0 Å². The quantitative estimate of drug-likeness (QED) is 0.806. The van der Waals surface area contributed by atoms with Gasteiger partial charge in [-0.1, -0.05) is 36.4 Å². The first-order valence-electron chi connectivity index (χ1n) is 6.14. The highest BCUT2D eigenvalue weighted by molar-refractivity contribution is 5.62. The smallest absolute Gasteiger partial charge is 0.0155 e. The van der Waals surface area contributed by atoms with Crippen LogP contribution >= 0.6 is 0 Å². The van der Waals surface area contributed by atoms with Crippen LogP contribution in [-0.4, -0.2) is 37.6 Å². The Morgan fingerprint density at radius 2 is 2.00 bits per heavy atom. The zero-order valence-electron chi connectivity index (χ0n) is 9.52. The maximum absolute atomic E-state index is 3.40. The second kappa shape index (κ2) is 4.40. The Balaban J connectivity index is 1.70. The molecule has 1 heterocycles. The minimum Gasteiger partial charge on any atom is -0.314 e. The van der Waals surface area contributed by atoms with Crippen molar-refractivity contribution in [1.29, 1.82) is 0 Å². The van der Waals surface area contributed by atoms with Crippen LogP contribution in [0, 0.1) is 0 Å². The fraction of sp³-hybridized carbons (Fsp3) is 0.429. The van der Waals surface area contributed by atoms with E-state index in [9.17, 15) is 0 Å². The van der Waals surface area contributed by atoms with Crippen molar-refractivity contribution in [1.82, 2.24) is 10.2 Å². The summed E-state index contributed by atoms with van der Waals surface area (Å²) in [5.41, 5.74) is 2.91. The highest BCUT2D eigenvalue weighted by Gasteiger charge is 2.20. The van der Waals surface area contributed by atoms with Gasteiger partial charge in [0.1, 0.15) is 0 Å². The molecule has 1 aromatic carbocycles. The summed E-state index contributed by atoms with van der Waals surface area (Å²) in [4.78, 5) is 2.56. The monoisotopic (exact) mass is 214 g/mol. The van der Waals surface area contributed by atoms with Gasteiger partial charge in [0.15, 0.2) is 0 Å². The SMILES string of the molecule is C1=CC(CN2CCNCC2)c2ccccc21. The van der Waals surface area contributed by atoms with Crippen LogP contribution in [0.3, 0.4) is 0 Å². The maximum Gasteiger partial charge on any atom is 0.0155 e. The van der Waals surface area contributed by atoms with Gasteiger partial charge in [-0.25, -0.2) is 0 Å². The van der Waals surface area contributed by atoms with E-state index < -0.39 is 0 Å². The summed E-state index contributed by atoms with van der Waals surface area (Å²) in [5, 5.41) is 3.40. The predicted octanol–water partition coefficient (Wildman–Crippen LogP) is 1.70. The van der Waals surface area contributed by atoms with Gasteiger partial charge in [-0.15, -0.1) is 0 Å². The van der Waals surface area contributed by atoms with E-state index in [1.807, 2.05) is 0 Å². The molecule has 1 aliphatic heterocycles. The first-order valence-corrected chi connectivity index (χ1v) is 6.14. The summed E-state index contributed by atoms with van der Waals surface area (Å²) < 4.78 is 0. The summed E-state index contributed by atoms with van der Waals surface area (Å²) in [6.45, 7) is 5.82. The molecule has 1 unspecified atom stereocenters. The third-order valence-corrected chi connectivity index (χ3v) is 3.57. The molecule has 0 bridgehead atoms. The van der Waals surface area contributed by atoms with Gasteiger partial charge in [0, 0.05) is 38.6 Å². The highest BCUT2D eigenvalue weighted by Crippen LogP contribution is 2.30. The van der Waals surface area contributed by atoms with Crippen molar-refractivity contribution in [2.24, 2.45) is 0 Å². The van der Waals surface area contributed by atoms with E-state index in [1.54, 1.807) is 0 Å². The van der Waals surface area contributed by atoms with Crippen LogP contribution in [0.1, 0.15) is 17.0 Å². The largest absolute Gasteiger partial charge is 0.314 e. The third kappa shape index (κ3) is 1.91. The van der Waals surface area contributed by atoms with Crippen molar-refractivity contribution in [2.45, 2.75) is 5.92 Å². The molecule has 0 amide bonds. The summed E-state index contributed by atoms with van der Waals surface area (Å²) in [7, 11) is 0. The lowest BCUT2D eigenvalue weighted by Crippen LogP contribution is -2.44. The molecule has 1 fully saturated rings. The molecule has 2 aliphatic rings. The molecule has 0 spiro atoms. The molecule has 1 aromatic rings. The van der Waals surface area contributed by atoms with Crippen LogP contribution in [0.15, 0.2) is 30.3 Å². The standard InChI is InChI=1S/C14H18N2/c1-2-4-14-12(3-1)5-6-13(14)11-16-9-7-15-8-10-16/h1-6,13,15H,7-11H2. The molecular formula is C14H18N2. The number of nitrogens with one attached hydrogen (secondary N) is 1. The second-order valence-corrected chi connectivity index (χ2v) is 4.65. The number of nitrogens with zero attached hydrogens (tertiary/aromatic N) is 1. The number of fused-ring (bicyclic) bond motifs is 1. The van der Waals surface area contributed by atoms with Crippen LogP contribution in [0.2, 0.25) is 0 Å². The molecule has 2 heteroatoms. The van der Waals surface area contributed by atoms with Gasteiger partial charge < -0.3 is 5.32 Å². The minimum absolute atomic E-state index is 0.606. The fourth-order valence-electron chi connectivity index (χ4n) is 2.65. The number of hydrogen-bond acceptors (Lipinski definition) is 2. The predicted molar refractivity (Wildman–Crippen MR) is 67.5 cm³/mol. The van der Waals surface area contributed by atoms with Crippen LogP contribution in [0.25, 0.3) is 6.08 Å². The van der Waals surface area contributed by atoms with E-state index in [1.165, 1.54) is 30.8 Å². The lowest BCUT2D eigenvalue weighted by Gasteiger charge is -2.29. The molecule has 16 heavy (non-hydrogen) atoms. The van der Waals surface area contributed by atoms with E-state index in [4.69, 9.17) is 0 Å². The minimum atomic E-state index is 0.606. The summed E-state index contributed by atoms with van der Waals surface area (Å²) in [6.07, 6.45) is 4.62. The lowest BCUT2D eigenvalue weighted by molar-refractivity contribution is 0.236. The van der Waals surface area contributed by atoms with Crippen molar-refractivity contribution < 1.29 is 0 Å². The number of benzene rings is 1. The molecule has 84 valence electrons. The summed E-state index contributed by atoms with van der Waals surface area (Å²) in [6, 6.07) is 8.75. The van der Waals surface area contributed by atoms with Crippen molar-refractivity contribution in [3.8, 4) is 0 Å². The van der Waals surface area contributed by atoms with Gasteiger partial charge in [-0.3, -0.25) is 4.90 Å². The Kier molecular flexibility index (Phi) is 2.77. The zero-order valence-corrected chi connectivity index (χ0v) is 9.52. The first kappa shape index (κ1) is 10.1. The first-order chi connectivity index (χ1) is 7.93. The van der Waals surface area contributed by atoms with Crippen LogP contribution in [0.5, 0.6) is 0 Å². The van der Waals surface area contributed by atoms with Crippen molar-refractivity contribution in [3.05, 3.63) is 41.5 Å². The van der Waals surface area contributed by atoms with Crippen molar-refractivity contribution in [3.63, 3.8) is 0 Å². The van der Waals surface area contributed by atoms with Gasteiger partial charge in [-0.05, 0) is 11.1 Å². The second-order valence-electron chi connectivity index (χ2n) is 4.65. The number of hydrogen-bond donors (Lipinski definition) is 1. The van der Waals surface area contributed by atoms with E-state index in [0.29, 0.717) is 5.92 Å². The van der Waals surface area contributed by atoms with Crippen LogP contribution in [-0.2, 0) is 0 Å². The molecule has 3 rings (SSSR count). The third-order valence-electron chi connectivity index (χ3n) is 3.57. The average molecular weight is 214 g/mol. The molecular weight excluding hydrogens is 196 g/mol. The Labute approximate surface area is 97.0 Å². The van der Waals surface area contributed by atoms with Crippen LogP contribution in [0.4, 0.5) is 0 Å². The topological polar surface area (TPSA) is 15.3 Å². The fourth-order valence-corrected chi connectivity index (χ4v) is 2.65. The van der Waals surface area contributed by atoms with Gasteiger partial charge in [0.2, 0.25) is 0 Å². The van der Waals surface area contributed by atoms with E-state index in [0.717, 1.165) is 13.1 Å². The zero-order chi connectivity index (χ0) is 10.8. The average Bonchev–Trinajstić information content (AvgIpc) is 2.74. The molecule has 1 saturated heterocycles. The van der Waals surface area contributed by atoms with Crippen LogP contribution < -0.4 is 5.32 Å². The molecule has 2 nitrogen and oxygen atoms in total. The number of piperazine rings is 1. The summed E-state index contributed by atoms with van der Waals surface area (Å²) >= 11 is 0. The molecule has 1 atom stereocenters. The molecule has 1 N–H and O–H groups in total. The molecule has 0 aromatic heterocycles. The number of rotatable bonds is 2. The Morgan fingerprint density at radius 3 is 2.88 bits per heavy atom. The van der Waals surface area contributed by atoms with E-state index in [2.05, 4.69) is 46.6 Å². The van der Waals surface area contributed by atoms with Crippen molar-refractivity contribution >= 4 is 6.08 Å². The molecule has 0 radical (unpaired) electrons. The van der Waals surface area contributed by atoms with Gasteiger partial charge in [0.05, 0.1) is 0 Å².